The molecular formula is C31H36N2O7. The molecule has 9 heteroatoms. The number of carboxylic acid groups (broad SMARTS) is 1. The number of carbonyl (C=O) groups is 2. The Bertz CT molecular complexity index is 1320. The Labute approximate surface area is 234 Å². The molecule has 0 aliphatic heterocycles. The van der Waals surface area contributed by atoms with Crippen LogP contribution >= 0.6 is 0 Å². The first-order chi connectivity index (χ1) is 19.3. The summed E-state index contributed by atoms with van der Waals surface area (Å²) in [4.78, 5) is 29.0. The van der Waals surface area contributed by atoms with Gasteiger partial charge in [-0.05, 0) is 48.7 Å². The van der Waals surface area contributed by atoms with Gasteiger partial charge in [0.05, 0.1) is 38.1 Å². The summed E-state index contributed by atoms with van der Waals surface area (Å²) in [5, 5.41) is 12.4. The molecule has 0 aliphatic carbocycles. The number of aliphatic carboxylic acids is 1. The lowest BCUT2D eigenvalue weighted by Crippen LogP contribution is -2.34. The summed E-state index contributed by atoms with van der Waals surface area (Å²) in [6, 6.07) is 16.4. The van der Waals surface area contributed by atoms with Gasteiger partial charge in [0, 0.05) is 24.2 Å². The summed E-state index contributed by atoms with van der Waals surface area (Å²) in [5.74, 6) is 0.756. The van der Waals surface area contributed by atoms with Gasteiger partial charge in [0.2, 0.25) is 11.7 Å². The number of carboxylic acids is 1. The molecule has 40 heavy (non-hydrogen) atoms. The van der Waals surface area contributed by atoms with Crippen LogP contribution in [0.25, 0.3) is 12.2 Å². The van der Waals surface area contributed by atoms with Crippen molar-refractivity contribution in [3.05, 3.63) is 71.5 Å². The molecule has 0 atom stereocenters. The Kier molecular flexibility index (Phi) is 10.5. The molecule has 3 aromatic rings. The van der Waals surface area contributed by atoms with Gasteiger partial charge in [-0.3, -0.25) is 9.59 Å². The molecule has 0 aliphatic rings. The fourth-order valence-electron chi connectivity index (χ4n) is 4.26. The SMILES string of the molecule is CCC(CC)(CC(=O)Nc1cccc(C=Cc2cccc(COc3cc(OC)c(OC)c(OC)c3)n2)c1)C(=O)O. The molecule has 0 spiro atoms. The van der Waals surface area contributed by atoms with E-state index in [1.54, 1.807) is 53.4 Å². The second kappa shape index (κ2) is 14.0. The van der Waals surface area contributed by atoms with E-state index in [0.29, 0.717) is 41.5 Å². The van der Waals surface area contributed by atoms with Crippen molar-refractivity contribution in [2.45, 2.75) is 39.7 Å². The lowest BCUT2D eigenvalue weighted by atomic mass is 9.79. The summed E-state index contributed by atoms with van der Waals surface area (Å²) >= 11 is 0. The zero-order valence-electron chi connectivity index (χ0n) is 23.5. The Balaban J connectivity index is 1.67. The number of methoxy groups -OCH3 is 3. The largest absolute Gasteiger partial charge is 0.493 e. The smallest absolute Gasteiger partial charge is 0.310 e. The third-order valence-corrected chi connectivity index (χ3v) is 6.78. The number of hydrogen-bond donors (Lipinski definition) is 2. The van der Waals surface area contributed by atoms with Crippen molar-refractivity contribution in [3.8, 4) is 23.0 Å². The third kappa shape index (κ3) is 7.53. The minimum absolute atomic E-state index is 0.0791. The second-order valence-corrected chi connectivity index (χ2v) is 9.18. The molecule has 0 saturated heterocycles. The van der Waals surface area contributed by atoms with E-state index < -0.39 is 11.4 Å². The van der Waals surface area contributed by atoms with E-state index in [0.717, 1.165) is 17.0 Å². The normalized spacial score (nSPS) is 11.2. The van der Waals surface area contributed by atoms with Crippen LogP contribution in [0.4, 0.5) is 5.69 Å². The zero-order valence-corrected chi connectivity index (χ0v) is 23.5. The van der Waals surface area contributed by atoms with Crippen molar-refractivity contribution in [3.63, 3.8) is 0 Å². The molecule has 0 fully saturated rings. The summed E-state index contributed by atoms with van der Waals surface area (Å²) in [7, 11) is 4.64. The molecule has 212 valence electrons. The Morgan fingerprint density at radius 2 is 1.60 bits per heavy atom. The number of aromatic nitrogens is 1. The van der Waals surface area contributed by atoms with Crippen LogP contribution in [0.2, 0.25) is 0 Å². The molecule has 1 amide bonds. The average Bonchev–Trinajstić information content (AvgIpc) is 2.97. The molecular weight excluding hydrogens is 512 g/mol. The van der Waals surface area contributed by atoms with Gasteiger partial charge < -0.3 is 29.4 Å². The van der Waals surface area contributed by atoms with Gasteiger partial charge >= 0.3 is 5.97 Å². The standard InChI is InChI=1S/C31H36N2O7/c1-6-31(7-2,30(35)36)19-28(34)33-23-12-8-10-21(16-23)14-15-22-11-9-13-24(32-22)20-40-25-17-26(37-3)29(39-5)27(18-25)38-4/h8-18H,6-7,19-20H2,1-5H3,(H,33,34)(H,35,36). The first kappa shape index (κ1) is 30.0. The number of hydrogen-bond acceptors (Lipinski definition) is 7. The summed E-state index contributed by atoms with van der Waals surface area (Å²) in [5.41, 5.74) is 1.85. The van der Waals surface area contributed by atoms with Crippen molar-refractivity contribution >= 4 is 29.7 Å². The van der Waals surface area contributed by atoms with Gasteiger partial charge in [-0.2, -0.15) is 0 Å². The van der Waals surface area contributed by atoms with Crippen LogP contribution in [-0.2, 0) is 16.2 Å². The maximum absolute atomic E-state index is 12.6. The van der Waals surface area contributed by atoms with Gasteiger partial charge in [0.1, 0.15) is 12.4 Å². The van der Waals surface area contributed by atoms with Crippen molar-refractivity contribution in [1.29, 1.82) is 0 Å². The topological polar surface area (TPSA) is 116 Å². The Morgan fingerprint density at radius 1 is 0.925 bits per heavy atom. The van der Waals surface area contributed by atoms with Gasteiger partial charge in [-0.1, -0.05) is 38.1 Å². The molecule has 0 unspecified atom stereocenters. The van der Waals surface area contributed by atoms with Gasteiger partial charge in [0.25, 0.3) is 0 Å². The molecule has 1 heterocycles. The van der Waals surface area contributed by atoms with Gasteiger partial charge in [-0.15, -0.1) is 0 Å². The lowest BCUT2D eigenvalue weighted by molar-refractivity contribution is -0.151. The van der Waals surface area contributed by atoms with E-state index in [9.17, 15) is 14.7 Å². The van der Waals surface area contributed by atoms with Crippen LogP contribution in [0, 0.1) is 5.41 Å². The van der Waals surface area contributed by atoms with Crippen molar-refractivity contribution in [2.75, 3.05) is 26.6 Å². The highest BCUT2D eigenvalue weighted by molar-refractivity contribution is 5.94. The third-order valence-electron chi connectivity index (χ3n) is 6.78. The maximum atomic E-state index is 12.6. The average molecular weight is 549 g/mol. The lowest BCUT2D eigenvalue weighted by Gasteiger charge is -2.25. The highest BCUT2D eigenvalue weighted by atomic mass is 16.5. The van der Waals surface area contributed by atoms with E-state index in [1.165, 1.54) is 0 Å². The molecule has 2 N–H and O–H groups in total. The molecule has 2 aromatic carbocycles. The minimum Gasteiger partial charge on any atom is -0.493 e. The summed E-state index contributed by atoms with van der Waals surface area (Å²) < 4.78 is 22.0. The van der Waals surface area contributed by atoms with Crippen LogP contribution in [0.1, 0.15) is 50.1 Å². The fourth-order valence-corrected chi connectivity index (χ4v) is 4.26. The fraction of sp³-hybridized carbons (Fsp3) is 0.323. The predicted molar refractivity (Wildman–Crippen MR) is 154 cm³/mol. The quantitative estimate of drug-likeness (QED) is 0.249. The number of nitrogens with one attached hydrogen (secondary N) is 1. The number of benzene rings is 2. The van der Waals surface area contributed by atoms with Crippen LogP contribution in [0.3, 0.4) is 0 Å². The molecule has 9 nitrogen and oxygen atoms in total. The van der Waals surface area contributed by atoms with Crippen molar-refractivity contribution < 1.29 is 33.6 Å². The summed E-state index contributed by atoms with van der Waals surface area (Å²) in [6.07, 6.45) is 4.45. The number of nitrogens with zero attached hydrogens (tertiary/aromatic N) is 1. The Hall–Kier alpha value is -4.53. The van der Waals surface area contributed by atoms with Gasteiger partial charge in [0.15, 0.2) is 11.5 Å². The minimum atomic E-state index is -1.06. The number of anilines is 1. The van der Waals surface area contributed by atoms with Crippen LogP contribution in [0.15, 0.2) is 54.6 Å². The molecule has 0 radical (unpaired) electrons. The van der Waals surface area contributed by atoms with Crippen LogP contribution in [0.5, 0.6) is 23.0 Å². The number of pyridine rings is 1. The number of carbonyl (C=O) groups excluding carboxylic acids is 1. The van der Waals surface area contributed by atoms with E-state index in [-0.39, 0.29) is 18.9 Å². The van der Waals surface area contributed by atoms with E-state index in [4.69, 9.17) is 18.9 Å². The molecule has 1 aromatic heterocycles. The highest BCUT2D eigenvalue weighted by Gasteiger charge is 2.37. The van der Waals surface area contributed by atoms with Crippen molar-refractivity contribution in [2.24, 2.45) is 5.41 Å². The highest BCUT2D eigenvalue weighted by Crippen LogP contribution is 2.41. The van der Waals surface area contributed by atoms with E-state index in [1.807, 2.05) is 48.6 Å². The maximum Gasteiger partial charge on any atom is 0.310 e. The molecule has 3 rings (SSSR count). The van der Waals surface area contributed by atoms with E-state index in [2.05, 4.69) is 10.3 Å². The number of ether oxygens (including phenoxy) is 4. The molecule has 0 bridgehead atoms. The number of amides is 1. The van der Waals surface area contributed by atoms with Crippen LogP contribution in [-0.4, -0.2) is 43.3 Å². The first-order valence-corrected chi connectivity index (χ1v) is 13.0. The monoisotopic (exact) mass is 548 g/mol. The second-order valence-electron chi connectivity index (χ2n) is 9.18. The number of rotatable bonds is 14. The molecule has 0 saturated carbocycles. The first-order valence-electron chi connectivity index (χ1n) is 13.0. The van der Waals surface area contributed by atoms with Crippen molar-refractivity contribution in [1.82, 2.24) is 4.98 Å². The zero-order chi connectivity index (χ0) is 29.1. The summed E-state index contributed by atoms with van der Waals surface area (Å²) in [6.45, 7) is 3.81. The predicted octanol–water partition coefficient (Wildman–Crippen LogP) is 6.08. The van der Waals surface area contributed by atoms with Crippen LogP contribution < -0.4 is 24.3 Å². The van der Waals surface area contributed by atoms with E-state index >= 15 is 0 Å². The Morgan fingerprint density at radius 3 is 2.20 bits per heavy atom. The van der Waals surface area contributed by atoms with Gasteiger partial charge in [-0.25, -0.2) is 4.98 Å².